The second-order valence-electron chi connectivity index (χ2n) is 4.47. The van der Waals surface area contributed by atoms with Crippen molar-refractivity contribution in [2.24, 2.45) is 0 Å². The highest BCUT2D eigenvalue weighted by atomic mass is 79.9. The third-order valence-electron chi connectivity index (χ3n) is 2.84. The first kappa shape index (κ1) is 14.8. The molecule has 106 valence electrons. The van der Waals surface area contributed by atoms with E-state index in [2.05, 4.69) is 15.9 Å². The molecule has 0 N–H and O–H groups in total. The van der Waals surface area contributed by atoms with E-state index in [1.54, 1.807) is 25.3 Å². The highest BCUT2D eigenvalue weighted by Gasteiger charge is 2.30. The van der Waals surface area contributed by atoms with E-state index in [1.165, 1.54) is 10.6 Å². The van der Waals surface area contributed by atoms with Gasteiger partial charge in [-0.05, 0) is 46.6 Å². The second kappa shape index (κ2) is 5.44. The van der Waals surface area contributed by atoms with Gasteiger partial charge in [0, 0.05) is 16.2 Å². The lowest BCUT2D eigenvalue weighted by atomic mass is 10.1. The number of pyridine rings is 1. The third kappa shape index (κ3) is 3.30. The number of alkyl halides is 3. The van der Waals surface area contributed by atoms with Gasteiger partial charge in [-0.2, -0.15) is 13.2 Å². The van der Waals surface area contributed by atoms with Gasteiger partial charge in [0.25, 0.3) is 5.56 Å². The molecule has 1 heterocycles. The first-order chi connectivity index (χ1) is 9.27. The van der Waals surface area contributed by atoms with Crippen molar-refractivity contribution in [3.63, 3.8) is 0 Å². The Morgan fingerprint density at radius 1 is 1.25 bits per heavy atom. The molecule has 0 atom stereocenters. The van der Waals surface area contributed by atoms with Gasteiger partial charge in [0.15, 0.2) is 0 Å². The predicted octanol–water partition coefficient (Wildman–Crippen LogP) is 3.99. The number of hydrogen-bond acceptors (Lipinski definition) is 1. The molecule has 1 aromatic heterocycles. The summed E-state index contributed by atoms with van der Waals surface area (Å²) in [5, 5.41) is 0. The second-order valence-corrected chi connectivity index (χ2v) is 5.39. The van der Waals surface area contributed by atoms with Crippen molar-refractivity contribution < 1.29 is 13.2 Å². The number of nitrogens with zero attached hydrogens (tertiary/aromatic N) is 1. The van der Waals surface area contributed by atoms with Crippen molar-refractivity contribution >= 4 is 15.9 Å². The molecular weight excluding hydrogens is 335 g/mol. The van der Waals surface area contributed by atoms with E-state index in [-0.39, 0.29) is 12.1 Å². The van der Waals surface area contributed by atoms with Gasteiger partial charge in [0.2, 0.25) is 0 Å². The van der Waals surface area contributed by atoms with Crippen LogP contribution in [0.5, 0.6) is 0 Å². The van der Waals surface area contributed by atoms with Gasteiger partial charge in [-0.1, -0.05) is 12.1 Å². The Kier molecular flexibility index (Phi) is 4.04. The number of aryl methyl sites for hydroxylation is 1. The van der Waals surface area contributed by atoms with E-state index in [1.807, 2.05) is 0 Å². The molecule has 2 aromatic rings. The Hall–Kier alpha value is -1.56. The smallest absolute Gasteiger partial charge is 0.310 e. The quantitative estimate of drug-likeness (QED) is 0.806. The van der Waals surface area contributed by atoms with Gasteiger partial charge in [-0.15, -0.1) is 0 Å². The van der Waals surface area contributed by atoms with Crippen LogP contribution in [0.2, 0.25) is 0 Å². The van der Waals surface area contributed by atoms with E-state index >= 15 is 0 Å². The zero-order chi connectivity index (χ0) is 14.9. The molecule has 0 radical (unpaired) electrons. The minimum absolute atomic E-state index is 0.100. The first-order valence-corrected chi connectivity index (χ1v) is 6.59. The molecule has 0 amide bonds. The average molecular weight is 346 g/mol. The molecule has 6 heteroatoms. The molecular formula is C14H11BrF3NO. The molecule has 2 rings (SSSR count). The van der Waals surface area contributed by atoms with Gasteiger partial charge >= 0.3 is 6.18 Å². The summed E-state index contributed by atoms with van der Waals surface area (Å²) in [6.45, 7) is 1.76. The molecule has 0 aliphatic carbocycles. The molecule has 0 saturated heterocycles. The monoisotopic (exact) mass is 345 g/mol. The Morgan fingerprint density at radius 2 is 1.95 bits per heavy atom. The Labute approximate surface area is 122 Å². The van der Waals surface area contributed by atoms with Crippen molar-refractivity contribution in [1.82, 2.24) is 4.57 Å². The van der Waals surface area contributed by atoms with Crippen molar-refractivity contribution in [1.29, 1.82) is 0 Å². The van der Waals surface area contributed by atoms with Gasteiger partial charge < -0.3 is 4.57 Å². The van der Waals surface area contributed by atoms with Crippen LogP contribution in [-0.2, 0) is 12.7 Å². The highest BCUT2D eigenvalue weighted by molar-refractivity contribution is 9.10. The normalized spacial score (nSPS) is 11.7. The minimum Gasteiger partial charge on any atom is -0.310 e. The minimum atomic E-state index is -4.38. The topological polar surface area (TPSA) is 22.0 Å². The Morgan fingerprint density at radius 3 is 2.60 bits per heavy atom. The van der Waals surface area contributed by atoms with Crippen molar-refractivity contribution in [3.05, 3.63) is 68.0 Å². The molecule has 2 nitrogen and oxygen atoms in total. The Bertz CT molecular complexity index is 692. The van der Waals surface area contributed by atoms with Crippen LogP contribution in [0, 0.1) is 6.92 Å². The van der Waals surface area contributed by atoms with Crippen molar-refractivity contribution in [2.75, 3.05) is 0 Å². The molecule has 0 fully saturated rings. The third-order valence-corrected chi connectivity index (χ3v) is 3.27. The van der Waals surface area contributed by atoms with Gasteiger partial charge in [-0.3, -0.25) is 4.79 Å². The largest absolute Gasteiger partial charge is 0.416 e. The maximum Gasteiger partial charge on any atom is 0.416 e. The molecule has 0 unspecified atom stereocenters. The summed E-state index contributed by atoms with van der Waals surface area (Å²) in [4.78, 5) is 11.9. The lowest BCUT2D eigenvalue weighted by molar-refractivity contribution is -0.137. The van der Waals surface area contributed by atoms with Crippen molar-refractivity contribution in [3.8, 4) is 0 Å². The van der Waals surface area contributed by atoms with E-state index in [0.29, 0.717) is 15.6 Å². The van der Waals surface area contributed by atoms with Crippen LogP contribution >= 0.6 is 15.9 Å². The fraction of sp³-hybridized carbons (Fsp3) is 0.214. The number of benzene rings is 1. The predicted molar refractivity (Wildman–Crippen MR) is 73.7 cm³/mol. The number of halogens is 4. The fourth-order valence-electron chi connectivity index (χ4n) is 1.90. The maximum atomic E-state index is 12.6. The van der Waals surface area contributed by atoms with E-state index in [0.717, 1.165) is 12.1 Å². The summed E-state index contributed by atoms with van der Waals surface area (Å²) in [7, 11) is 0. The van der Waals surface area contributed by atoms with Crippen LogP contribution in [0.25, 0.3) is 0 Å². The van der Waals surface area contributed by atoms with Crippen LogP contribution < -0.4 is 5.56 Å². The standard InChI is InChI=1S/C14H11BrF3NO/c1-9-5-12(15)8-19(13(9)20)7-10-3-2-4-11(6-10)14(16,17)18/h2-6,8H,7H2,1H3. The molecule has 1 aromatic carbocycles. The number of hydrogen-bond donors (Lipinski definition) is 0. The summed E-state index contributed by atoms with van der Waals surface area (Å²) >= 11 is 3.27. The zero-order valence-corrected chi connectivity index (χ0v) is 12.1. The van der Waals surface area contributed by atoms with Crippen LogP contribution in [0.1, 0.15) is 16.7 Å². The van der Waals surface area contributed by atoms with Crippen LogP contribution in [0.15, 0.2) is 45.8 Å². The van der Waals surface area contributed by atoms with E-state index in [9.17, 15) is 18.0 Å². The fourth-order valence-corrected chi connectivity index (χ4v) is 2.49. The van der Waals surface area contributed by atoms with Gasteiger partial charge in [-0.25, -0.2) is 0 Å². The van der Waals surface area contributed by atoms with Gasteiger partial charge in [0.05, 0.1) is 12.1 Å². The molecule has 0 bridgehead atoms. The van der Waals surface area contributed by atoms with Gasteiger partial charge in [0.1, 0.15) is 0 Å². The summed E-state index contributed by atoms with van der Waals surface area (Å²) in [5.41, 5.74) is 0.0335. The van der Waals surface area contributed by atoms with Crippen LogP contribution in [0.4, 0.5) is 13.2 Å². The average Bonchev–Trinajstić information content (AvgIpc) is 2.35. The highest BCUT2D eigenvalue weighted by Crippen LogP contribution is 2.29. The van der Waals surface area contributed by atoms with Crippen LogP contribution in [-0.4, -0.2) is 4.57 Å². The van der Waals surface area contributed by atoms with Crippen molar-refractivity contribution in [2.45, 2.75) is 19.6 Å². The maximum absolute atomic E-state index is 12.6. The SMILES string of the molecule is Cc1cc(Br)cn(Cc2cccc(C(F)(F)F)c2)c1=O. The van der Waals surface area contributed by atoms with Crippen LogP contribution in [0.3, 0.4) is 0 Å². The summed E-state index contributed by atoms with van der Waals surface area (Å²) in [6, 6.07) is 6.65. The lowest BCUT2D eigenvalue weighted by Crippen LogP contribution is -2.22. The Balaban J connectivity index is 2.39. The van der Waals surface area contributed by atoms with E-state index < -0.39 is 11.7 Å². The molecule has 0 aliphatic rings. The number of rotatable bonds is 2. The lowest BCUT2D eigenvalue weighted by Gasteiger charge is -2.11. The molecule has 20 heavy (non-hydrogen) atoms. The summed E-state index contributed by atoms with van der Waals surface area (Å²) in [6.07, 6.45) is -2.82. The molecule has 0 saturated carbocycles. The first-order valence-electron chi connectivity index (χ1n) is 5.80. The zero-order valence-electron chi connectivity index (χ0n) is 10.5. The summed E-state index contributed by atoms with van der Waals surface area (Å²) in [5.74, 6) is 0. The number of aromatic nitrogens is 1. The molecule has 0 aliphatic heterocycles. The van der Waals surface area contributed by atoms with E-state index in [4.69, 9.17) is 0 Å². The summed E-state index contributed by atoms with van der Waals surface area (Å²) < 4.78 is 40.0. The molecule has 0 spiro atoms.